The van der Waals surface area contributed by atoms with Crippen LogP contribution in [0.15, 0.2) is 23.1 Å². The molecule has 0 spiro atoms. The molecule has 1 rings (SSSR count). The average molecular weight is 236 g/mol. The maximum atomic E-state index is 11.8. The second-order valence-corrected chi connectivity index (χ2v) is 4.80. The van der Waals surface area contributed by atoms with Gasteiger partial charge in [-0.25, -0.2) is 0 Å². The normalized spacial score (nSPS) is 11.2. The number of nitrogens with one attached hydrogen (secondary N) is 2. The molecule has 1 aromatic heterocycles. The molecule has 0 saturated carbocycles. The summed E-state index contributed by atoms with van der Waals surface area (Å²) in [5, 5.41) is 2.89. The van der Waals surface area contributed by atoms with Gasteiger partial charge in [-0.1, -0.05) is 20.8 Å². The predicted octanol–water partition coefficient (Wildman–Crippen LogP) is 1.47. The van der Waals surface area contributed by atoms with E-state index in [1.807, 2.05) is 26.8 Å². The second kappa shape index (κ2) is 5.66. The molecule has 0 atom stereocenters. The van der Waals surface area contributed by atoms with E-state index in [-0.39, 0.29) is 16.9 Å². The average Bonchev–Trinajstić information content (AvgIpc) is 2.29. The highest BCUT2D eigenvalue weighted by Crippen LogP contribution is 2.19. The standard InChI is InChI=1S/C13H20N2O2/c1-4-13(2,3)12(17)15-8-6-10-5-7-14-11(16)9-10/h5,7,9H,4,6,8H2,1-3H3,(H,14,16)(H,15,17). The summed E-state index contributed by atoms with van der Waals surface area (Å²) in [7, 11) is 0. The van der Waals surface area contributed by atoms with Crippen LogP contribution < -0.4 is 10.9 Å². The van der Waals surface area contributed by atoms with Crippen molar-refractivity contribution >= 4 is 5.91 Å². The van der Waals surface area contributed by atoms with Gasteiger partial charge in [0.2, 0.25) is 11.5 Å². The van der Waals surface area contributed by atoms with Gasteiger partial charge < -0.3 is 10.3 Å². The van der Waals surface area contributed by atoms with Crippen LogP contribution in [-0.2, 0) is 11.2 Å². The number of hydrogen-bond acceptors (Lipinski definition) is 2. The van der Waals surface area contributed by atoms with Gasteiger partial charge in [0.1, 0.15) is 0 Å². The summed E-state index contributed by atoms with van der Waals surface area (Å²) < 4.78 is 0. The Morgan fingerprint density at radius 1 is 1.47 bits per heavy atom. The van der Waals surface area contributed by atoms with Crippen LogP contribution in [-0.4, -0.2) is 17.4 Å². The van der Waals surface area contributed by atoms with Crippen molar-refractivity contribution in [3.05, 3.63) is 34.2 Å². The van der Waals surface area contributed by atoms with Crippen LogP contribution in [0, 0.1) is 5.41 Å². The van der Waals surface area contributed by atoms with Crippen molar-refractivity contribution in [1.82, 2.24) is 10.3 Å². The minimum Gasteiger partial charge on any atom is -0.355 e. The van der Waals surface area contributed by atoms with Crippen molar-refractivity contribution in [2.24, 2.45) is 5.41 Å². The Balaban J connectivity index is 2.43. The van der Waals surface area contributed by atoms with Crippen molar-refractivity contribution in [1.29, 1.82) is 0 Å². The van der Waals surface area contributed by atoms with Crippen LogP contribution in [0.3, 0.4) is 0 Å². The molecule has 1 amide bonds. The van der Waals surface area contributed by atoms with Crippen molar-refractivity contribution in [3.63, 3.8) is 0 Å². The highest BCUT2D eigenvalue weighted by Gasteiger charge is 2.24. The lowest BCUT2D eigenvalue weighted by molar-refractivity contribution is -0.129. The lowest BCUT2D eigenvalue weighted by Gasteiger charge is -2.21. The molecule has 0 bridgehead atoms. The lowest BCUT2D eigenvalue weighted by atomic mass is 9.89. The van der Waals surface area contributed by atoms with Gasteiger partial charge in [-0.05, 0) is 24.5 Å². The molecule has 17 heavy (non-hydrogen) atoms. The topological polar surface area (TPSA) is 62.0 Å². The largest absolute Gasteiger partial charge is 0.355 e. The van der Waals surface area contributed by atoms with Gasteiger partial charge in [-0.3, -0.25) is 9.59 Å². The first-order valence-electron chi connectivity index (χ1n) is 5.91. The number of carbonyl (C=O) groups excluding carboxylic acids is 1. The molecule has 0 aliphatic heterocycles. The summed E-state index contributed by atoms with van der Waals surface area (Å²) in [6, 6.07) is 3.40. The third kappa shape index (κ3) is 4.06. The maximum absolute atomic E-state index is 11.8. The Kier molecular flexibility index (Phi) is 4.49. The lowest BCUT2D eigenvalue weighted by Crippen LogP contribution is -2.37. The van der Waals surface area contributed by atoms with Crippen LogP contribution in [0.5, 0.6) is 0 Å². The molecule has 4 heteroatoms. The van der Waals surface area contributed by atoms with Crippen molar-refractivity contribution in [2.45, 2.75) is 33.6 Å². The molecule has 0 aliphatic carbocycles. The molecule has 1 aromatic rings. The summed E-state index contributed by atoms with van der Waals surface area (Å²) >= 11 is 0. The summed E-state index contributed by atoms with van der Waals surface area (Å²) in [6.45, 7) is 6.41. The van der Waals surface area contributed by atoms with Gasteiger partial charge in [-0.15, -0.1) is 0 Å². The Morgan fingerprint density at radius 3 is 2.76 bits per heavy atom. The van der Waals surface area contributed by atoms with E-state index in [1.54, 1.807) is 12.3 Å². The highest BCUT2D eigenvalue weighted by molar-refractivity contribution is 5.81. The third-order valence-electron chi connectivity index (χ3n) is 3.04. The van der Waals surface area contributed by atoms with Crippen molar-refractivity contribution in [2.75, 3.05) is 6.54 Å². The molecular weight excluding hydrogens is 216 g/mol. The van der Waals surface area contributed by atoms with Crippen LogP contribution in [0.2, 0.25) is 0 Å². The molecule has 94 valence electrons. The Morgan fingerprint density at radius 2 is 2.18 bits per heavy atom. The van der Waals surface area contributed by atoms with Crippen LogP contribution in [0.4, 0.5) is 0 Å². The first kappa shape index (κ1) is 13.5. The molecule has 4 nitrogen and oxygen atoms in total. The first-order valence-corrected chi connectivity index (χ1v) is 5.91. The van der Waals surface area contributed by atoms with Gasteiger partial charge in [0.05, 0.1) is 0 Å². The zero-order valence-electron chi connectivity index (χ0n) is 10.7. The van der Waals surface area contributed by atoms with E-state index in [0.29, 0.717) is 13.0 Å². The number of pyridine rings is 1. The minimum atomic E-state index is -0.325. The minimum absolute atomic E-state index is 0.0600. The van der Waals surface area contributed by atoms with E-state index in [4.69, 9.17) is 0 Å². The number of amides is 1. The molecule has 0 aliphatic rings. The quantitative estimate of drug-likeness (QED) is 0.813. The fourth-order valence-electron chi connectivity index (χ4n) is 1.36. The molecule has 0 radical (unpaired) electrons. The predicted molar refractivity (Wildman–Crippen MR) is 67.8 cm³/mol. The molecule has 0 fully saturated rings. The van der Waals surface area contributed by atoms with E-state index >= 15 is 0 Å². The summed E-state index contributed by atoms with van der Waals surface area (Å²) in [5.41, 5.74) is 0.500. The number of aromatic amines is 1. The molecule has 0 unspecified atom stereocenters. The van der Waals surface area contributed by atoms with E-state index < -0.39 is 0 Å². The number of carbonyl (C=O) groups is 1. The molecule has 0 saturated heterocycles. The van der Waals surface area contributed by atoms with E-state index in [9.17, 15) is 9.59 Å². The van der Waals surface area contributed by atoms with Gasteiger partial charge >= 0.3 is 0 Å². The van der Waals surface area contributed by atoms with E-state index in [1.165, 1.54) is 0 Å². The van der Waals surface area contributed by atoms with Gasteiger partial charge in [0.15, 0.2) is 0 Å². The van der Waals surface area contributed by atoms with Gasteiger partial charge in [-0.2, -0.15) is 0 Å². The summed E-state index contributed by atoms with van der Waals surface area (Å²) in [4.78, 5) is 25.4. The fourth-order valence-corrected chi connectivity index (χ4v) is 1.36. The van der Waals surface area contributed by atoms with E-state index in [0.717, 1.165) is 12.0 Å². The molecule has 2 N–H and O–H groups in total. The summed E-state index contributed by atoms with van der Waals surface area (Å²) in [6.07, 6.45) is 3.11. The highest BCUT2D eigenvalue weighted by atomic mass is 16.2. The van der Waals surface area contributed by atoms with E-state index in [2.05, 4.69) is 10.3 Å². The third-order valence-corrected chi connectivity index (χ3v) is 3.04. The number of H-pyrrole nitrogens is 1. The summed E-state index contributed by atoms with van der Waals surface area (Å²) in [5.74, 6) is 0.0600. The fraction of sp³-hybridized carbons (Fsp3) is 0.538. The smallest absolute Gasteiger partial charge is 0.248 e. The zero-order valence-corrected chi connectivity index (χ0v) is 10.7. The second-order valence-electron chi connectivity index (χ2n) is 4.80. The monoisotopic (exact) mass is 236 g/mol. The van der Waals surface area contributed by atoms with Gasteiger partial charge in [0.25, 0.3) is 0 Å². The van der Waals surface area contributed by atoms with Crippen molar-refractivity contribution < 1.29 is 4.79 Å². The van der Waals surface area contributed by atoms with Gasteiger partial charge in [0, 0.05) is 24.2 Å². The van der Waals surface area contributed by atoms with Crippen LogP contribution in [0.1, 0.15) is 32.8 Å². The molecule has 0 aromatic carbocycles. The first-order chi connectivity index (χ1) is 7.95. The molecular formula is C13H20N2O2. The Labute approximate surface area is 101 Å². The molecule has 1 heterocycles. The maximum Gasteiger partial charge on any atom is 0.248 e. The number of hydrogen-bond donors (Lipinski definition) is 2. The number of aromatic nitrogens is 1. The van der Waals surface area contributed by atoms with Crippen LogP contribution in [0.25, 0.3) is 0 Å². The van der Waals surface area contributed by atoms with Crippen LogP contribution >= 0.6 is 0 Å². The van der Waals surface area contributed by atoms with Crippen molar-refractivity contribution in [3.8, 4) is 0 Å². The SMILES string of the molecule is CCC(C)(C)C(=O)NCCc1cc[nH]c(=O)c1. The number of rotatable bonds is 5. The zero-order chi connectivity index (χ0) is 12.9. The Bertz CT molecular complexity index is 435. The Hall–Kier alpha value is -1.58.